The fourth-order valence-electron chi connectivity index (χ4n) is 6.54. The number of ether oxygens (including phenoxy) is 1. The van der Waals surface area contributed by atoms with Gasteiger partial charge in [0.1, 0.15) is 0 Å². The van der Waals surface area contributed by atoms with E-state index >= 15 is 0 Å². The standard InChI is InChI=1S/C36H46ClN3O3/c1-23(2)43-33(42)19-29-25(4)38-32(22-41)34(35(29)40-16-13-36(5,6)14-17-40)27-10-11-28-20-39(15-12-26(28)18-27)21-30-24(3)8-7-9-31(30)37/h7-11,18,23,41H,12-17,19-22H2,1-6H3. The van der Waals surface area contributed by atoms with Gasteiger partial charge in [-0.3, -0.25) is 14.7 Å². The Labute approximate surface area is 262 Å². The number of hydrogen-bond acceptors (Lipinski definition) is 6. The van der Waals surface area contributed by atoms with Crippen molar-refractivity contribution in [1.29, 1.82) is 0 Å². The SMILES string of the molecule is Cc1cccc(Cl)c1CN1CCc2cc(-c3c(CO)nc(C)c(CC(=O)OC(C)C)c3N3CCC(C)(C)CC3)ccc2C1. The van der Waals surface area contributed by atoms with E-state index in [0.29, 0.717) is 5.69 Å². The number of carbonyl (C=O) groups excluding carboxylic acids is 1. The molecule has 2 aliphatic rings. The molecule has 7 heteroatoms. The van der Waals surface area contributed by atoms with Gasteiger partial charge in [0.05, 0.1) is 30.5 Å². The topological polar surface area (TPSA) is 65.9 Å². The number of fused-ring (bicyclic) bond motifs is 1. The molecule has 1 fully saturated rings. The number of hydrogen-bond donors (Lipinski definition) is 1. The minimum absolute atomic E-state index is 0.159. The second-order valence-corrected chi connectivity index (χ2v) is 13.8. The molecule has 230 valence electrons. The van der Waals surface area contributed by atoms with E-state index in [0.717, 1.165) is 85.1 Å². The van der Waals surface area contributed by atoms with Crippen LogP contribution in [0.3, 0.4) is 0 Å². The molecule has 2 aromatic carbocycles. The Morgan fingerprint density at radius 3 is 2.49 bits per heavy atom. The Morgan fingerprint density at radius 2 is 1.81 bits per heavy atom. The van der Waals surface area contributed by atoms with Gasteiger partial charge in [0.2, 0.25) is 0 Å². The molecule has 3 heterocycles. The van der Waals surface area contributed by atoms with E-state index in [-0.39, 0.29) is 30.5 Å². The van der Waals surface area contributed by atoms with Crippen molar-refractivity contribution in [3.05, 3.63) is 80.6 Å². The van der Waals surface area contributed by atoms with E-state index in [9.17, 15) is 9.90 Å². The predicted octanol–water partition coefficient (Wildman–Crippen LogP) is 7.19. The summed E-state index contributed by atoms with van der Waals surface area (Å²) < 4.78 is 5.58. The molecule has 1 N–H and O–H groups in total. The van der Waals surface area contributed by atoms with Crippen LogP contribution >= 0.6 is 11.6 Å². The molecular formula is C36H46ClN3O3. The zero-order valence-corrected chi connectivity index (χ0v) is 27.4. The van der Waals surface area contributed by atoms with E-state index in [2.05, 4.69) is 54.8 Å². The zero-order valence-electron chi connectivity index (χ0n) is 26.6. The van der Waals surface area contributed by atoms with Crippen LogP contribution in [0.1, 0.15) is 79.7 Å². The van der Waals surface area contributed by atoms with Crippen LogP contribution in [0, 0.1) is 19.3 Å². The van der Waals surface area contributed by atoms with Crippen LogP contribution in [-0.2, 0) is 42.1 Å². The maximum Gasteiger partial charge on any atom is 0.310 e. The van der Waals surface area contributed by atoms with Gasteiger partial charge in [-0.15, -0.1) is 0 Å². The number of halogens is 1. The second-order valence-electron chi connectivity index (χ2n) is 13.4. The summed E-state index contributed by atoms with van der Waals surface area (Å²) in [5, 5.41) is 11.4. The van der Waals surface area contributed by atoms with Crippen LogP contribution in [0.5, 0.6) is 0 Å². The lowest BCUT2D eigenvalue weighted by Crippen LogP contribution is -2.38. The van der Waals surface area contributed by atoms with Gasteiger partial charge in [0.15, 0.2) is 0 Å². The lowest BCUT2D eigenvalue weighted by atomic mass is 9.81. The molecular weight excluding hydrogens is 558 g/mol. The summed E-state index contributed by atoms with van der Waals surface area (Å²) in [7, 11) is 0. The minimum Gasteiger partial charge on any atom is -0.463 e. The Hall–Kier alpha value is -2.93. The van der Waals surface area contributed by atoms with Crippen LogP contribution in [0.4, 0.5) is 5.69 Å². The van der Waals surface area contributed by atoms with Crippen molar-refractivity contribution in [2.24, 2.45) is 5.41 Å². The van der Waals surface area contributed by atoms with Gasteiger partial charge < -0.3 is 14.7 Å². The van der Waals surface area contributed by atoms with Gasteiger partial charge in [-0.25, -0.2) is 0 Å². The van der Waals surface area contributed by atoms with E-state index in [4.69, 9.17) is 21.3 Å². The highest BCUT2D eigenvalue weighted by molar-refractivity contribution is 6.31. The summed E-state index contributed by atoms with van der Waals surface area (Å²) in [4.78, 5) is 22.7. The summed E-state index contributed by atoms with van der Waals surface area (Å²) in [6, 6.07) is 12.8. The fourth-order valence-corrected chi connectivity index (χ4v) is 6.82. The molecule has 3 aromatic rings. The number of carbonyl (C=O) groups is 1. The number of rotatable bonds is 8. The molecule has 2 aliphatic heterocycles. The van der Waals surface area contributed by atoms with Crippen molar-refractivity contribution >= 4 is 23.3 Å². The summed E-state index contributed by atoms with van der Waals surface area (Å²) >= 11 is 6.55. The Kier molecular flexibility index (Phi) is 9.50. The first-order valence-electron chi connectivity index (χ1n) is 15.6. The van der Waals surface area contributed by atoms with Crippen molar-refractivity contribution < 1.29 is 14.6 Å². The smallest absolute Gasteiger partial charge is 0.310 e. The van der Waals surface area contributed by atoms with Crippen molar-refractivity contribution in [2.45, 2.75) is 93.0 Å². The second kappa shape index (κ2) is 13.0. The monoisotopic (exact) mass is 603 g/mol. The van der Waals surface area contributed by atoms with E-state index in [1.165, 1.54) is 22.3 Å². The first-order valence-corrected chi connectivity index (χ1v) is 16.0. The molecule has 0 unspecified atom stereocenters. The normalized spacial score (nSPS) is 16.8. The zero-order chi connectivity index (χ0) is 30.9. The predicted molar refractivity (Wildman–Crippen MR) is 174 cm³/mol. The third kappa shape index (κ3) is 7.08. The van der Waals surface area contributed by atoms with Crippen LogP contribution < -0.4 is 4.90 Å². The maximum atomic E-state index is 13.0. The third-order valence-corrected chi connectivity index (χ3v) is 9.50. The highest BCUT2D eigenvalue weighted by atomic mass is 35.5. The van der Waals surface area contributed by atoms with Gasteiger partial charge in [0, 0.05) is 54.6 Å². The molecule has 1 aromatic heterocycles. The van der Waals surface area contributed by atoms with Crippen molar-refractivity contribution in [3.63, 3.8) is 0 Å². The first-order chi connectivity index (χ1) is 20.5. The Bertz CT molecular complexity index is 1470. The number of aliphatic hydroxyl groups is 1. The van der Waals surface area contributed by atoms with Gasteiger partial charge in [0.25, 0.3) is 0 Å². The summed E-state index contributed by atoms with van der Waals surface area (Å²) in [5.41, 5.74) is 10.7. The molecule has 0 saturated carbocycles. The van der Waals surface area contributed by atoms with E-state index in [1.54, 1.807) is 0 Å². The minimum atomic E-state index is -0.250. The van der Waals surface area contributed by atoms with Crippen molar-refractivity contribution in [1.82, 2.24) is 9.88 Å². The molecule has 0 aliphatic carbocycles. The summed E-state index contributed by atoms with van der Waals surface area (Å²) in [5.74, 6) is -0.250. The highest BCUT2D eigenvalue weighted by Crippen LogP contribution is 2.42. The molecule has 0 spiro atoms. The number of anilines is 1. The lowest BCUT2D eigenvalue weighted by molar-refractivity contribution is -0.146. The van der Waals surface area contributed by atoms with Crippen LogP contribution in [0.2, 0.25) is 5.02 Å². The van der Waals surface area contributed by atoms with Gasteiger partial charge >= 0.3 is 5.97 Å². The molecule has 6 nitrogen and oxygen atoms in total. The quantitative estimate of drug-likeness (QED) is 0.275. The van der Waals surface area contributed by atoms with Crippen LogP contribution in [0.15, 0.2) is 36.4 Å². The van der Waals surface area contributed by atoms with Crippen molar-refractivity contribution in [3.8, 4) is 11.1 Å². The van der Waals surface area contributed by atoms with Crippen LogP contribution in [-0.4, -0.2) is 46.7 Å². The maximum absolute atomic E-state index is 13.0. The number of piperidine rings is 1. The summed E-state index contributed by atoms with van der Waals surface area (Å²) in [6.45, 7) is 16.7. The van der Waals surface area contributed by atoms with Gasteiger partial charge in [-0.2, -0.15) is 0 Å². The largest absolute Gasteiger partial charge is 0.463 e. The Balaban J connectivity index is 1.53. The number of aromatic nitrogens is 1. The van der Waals surface area contributed by atoms with Crippen molar-refractivity contribution in [2.75, 3.05) is 24.5 Å². The van der Waals surface area contributed by atoms with Gasteiger partial charge in [-0.05, 0) is 86.3 Å². The van der Waals surface area contributed by atoms with E-state index in [1.807, 2.05) is 32.9 Å². The fraction of sp³-hybridized carbons (Fsp3) is 0.500. The highest BCUT2D eigenvalue weighted by Gasteiger charge is 2.31. The third-order valence-electron chi connectivity index (χ3n) is 9.14. The molecule has 43 heavy (non-hydrogen) atoms. The molecule has 1 saturated heterocycles. The molecule has 5 rings (SSSR count). The Morgan fingerprint density at radius 1 is 1.07 bits per heavy atom. The number of aryl methyl sites for hydroxylation is 2. The lowest BCUT2D eigenvalue weighted by Gasteiger charge is -2.40. The number of aliphatic hydroxyl groups excluding tert-OH is 1. The average Bonchev–Trinajstić information content (AvgIpc) is 2.95. The molecule has 0 radical (unpaired) electrons. The summed E-state index contributed by atoms with van der Waals surface area (Å²) in [6.07, 6.45) is 3.03. The number of nitrogens with zero attached hydrogens (tertiary/aromatic N) is 3. The number of esters is 1. The number of pyridine rings is 1. The first kappa shape index (κ1) is 31.5. The van der Waals surface area contributed by atoms with Gasteiger partial charge in [-0.1, -0.05) is 55.8 Å². The molecule has 0 atom stereocenters. The van der Waals surface area contributed by atoms with E-state index < -0.39 is 0 Å². The van der Waals surface area contributed by atoms with Crippen LogP contribution in [0.25, 0.3) is 11.1 Å². The molecule has 0 amide bonds. The molecule has 0 bridgehead atoms. The average molecular weight is 604 g/mol. The number of benzene rings is 2.